The van der Waals surface area contributed by atoms with Gasteiger partial charge in [-0.25, -0.2) is 0 Å². The summed E-state index contributed by atoms with van der Waals surface area (Å²) in [6, 6.07) is 10.1. The first kappa shape index (κ1) is 13.0. The highest BCUT2D eigenvalue weighted by Crippen LogP contribution is 2.18. The van der Waals surface area contributed by atoms with Gasteiger partial charge in [-0.15, -0.1) is 11.6 Å². The molecule has 1 aromatic rings. The van der Waals surface area contributed by atoms with Crippen LogP contribution in [0.2, 0.25) is 0 Å². The largest absolute Gasteiger partial charge is 0.348 e. The van der Waals surface area contributed by atoms with Crippen molar-refractivity contribution in [1.82, 2.24) is 5.32 Å². The van der Waals surface area contributed by atoms with Gasteiger partial charge in [-0.05, 0) is 18.9 Å². The van der Waals surface area contributed by atoms with E-state index < -0.39 is 5.38 Å². The molecule has 0 heterocycles. The molecule has 0 aliphatic rings. The first-order valence-electron chi connectivity index (χ1n) is 5.64. The summed E-state index contributed by atoms with van der Waals surface area (Å²) >= 11 is 5.75. The fourth-order valence-electron chi connectivity index (χ4n) is 1.58. The number of carbonyl (C=O) groups excluding carboxylic acids is 1. The molecule has 88 valence electrons. The Hall–Kier alpha value is -1.02. The molecule has 0 aromatic heterocycles. The highest BCUT2D eigenvalue weighted by atomic mass is 35.5. The number of halogens is 1. The highest BCUT2D eigenvalue weighted by molar-refractivity contribution is 6.30. The smallest absolute Gasteiger partial charge is 0.238 e. The lowest BCUT2D eigenvalue weighted by molar-refractivity contribution is -0.121. The fraction of sp³-hybridized carbons (Fsp3) is 0.462. The standard InChI is InChI=1S/C13H18ClNO/c1-3-7-12(15-13(16)10(2)14)11-8-5-4-6-9-11/h4-6,8-10,12H,3,7H2,1-2H3,(H,15,16). The van der Waals surface area contributed by atoms with Gasteiger partial charge in [-0.3, -0.25) is 4.79 Å². The van der Waals surface area contributed by atoms with Crippen molar-refractivity contribution < 1.29 is 4.79 Å². The lowest BCUT2D eigenvalue weighted by atomic mass is 10.0. The zero-order valence-electron chi connectivity index (χ0n) is 9.74. The Bertz CT molecular complexity index is 324. The summed E-state index contributed by atoms with van der Waals surface area (Å²) in [7, 11) is 0. The molecule has 1 rings (SSSR count). The van der Waals surface area contributed by atoms with Crippen LogP contribution in [0.3, 0.4) is 0 Å². The third-order valence-electron chi connectivity index (χ3n) is 2.46. The van der Waals surface area contributed by atoms with E-state index in [1.807, 2.05) is 30.3 Å². The van der Waals surface area contributed by atoms with Gasteiger partial charge in [0.05, 0.1) is 6.04 Å². The molecule has 1 aromatic carbocycles. The van der Waals surface area contributed by atoms with Crippen LogP contribution in [-0.4, -0.2) is 11.3 Å². The maximum absolute atomic E-state index is 11.6. The zero-order valence-corrected chi connectivity index (χ0v) is 10.5. The Kier molecular flexibility index (Phi) is 5.33. The third-order valence-corrected chi connectivity index (χ3v) is 2.66. The van der Waals surface area contributed by atoms with Gasteiger partial charge >= 0.3 is 0 Å². The van der Waals surface area contributed by atoms with Crippen molar-refractivity contribution in [2.75, 3.05) is 0 Å². The molecule has 1 N–H and O–H groups in total. The van der Waals surface area contributed by atoms with E-state index in [0.29, 0.717) is 0 Å². The van der Waals surface area contributed by atoms with Crippen LogP contribution in [-0.2, 0) is 4.79 Å². The summed E-state index contributed by atoms with van der Waals surface area (Å²) in [6.45, 7) is 3.79. The maximum atomic E-state index is 11.6. The molecule has 16 heavy (non-hydrogen) atoms. The first-order valence-corrected chi connectivity index (χ1v) is 6.08. The molecule has 2 atom stereocenters. The molecule has 0 saturated heterocycles. The second-order valence-corrected chi connectivity index (χ2v) is 4.53. The Morgan fingerprint density at radius 1 is 1.38 bits per heavy atom. The van der Waals surface area contributed by atoms with E-state index in [4.69, 9.17) is 11.6 Å². The fourth-order valence-corrected chi connectivity index (χ4v) is 1.65. The Morgan fingerprint density at radius 2 is 2.00 bits per heavy atom. The molecule has 0 radical (unpaired) electrons. The van der Waals surface area contributed by atoms with Crippen LogP contribution >= 0.6 is 11.6 Å². The minimum atomic E-state index is -0.483. The van der Waals surface area contributed by atoms with Crippen LogP contribution in [0.5, 0.6) is 0 Å². The van der Waals surface area contributed by atoms with Gasteiger partial charge in [0.1, 0.15) is 5.38 Å². The third kappa shape index (κ3) is 3.86. The van der Waals surface area contributed by atoms with E-state index in [2.05, 4.69) is 12.2 Å². The summed E-state index contributed by atoms with van der Waals surface area (Å²) in [4.78, 5) is 11.6. The molecule has 0 aliphatic heterocycles. The van der Waals surface area contributed by atoms with Crippen LogP contribution in [0.25, 0.3) is 0 Å². The number of amides is 1. The number of rotatable bonds is 5. The highest BCUT2D eigenvalue weighted by Gasteiger charge is 2.16. The Morgan fingerprint density at radius 3 is 2.50 bits per heavy atom. The summed E-state index contributed by atoms with van der Waals surface area (Å²) in [5.41, 5.74) is 1.13. The van der Waals surface area contributed by atoms with Crippen LogP contribution in [0.15, 0.2) is 30.3 Å². The second kappa shape index (κ2) is 6.54. The minimum Gasteiger partial charge on any atom is -0.348 e. The van der Waals surface area contributed by atoms with E-state index in [9.17, 15) is 4.79 Å². The Balaban J connectivity index is 2.72. The lowest BCUT2D eigenvalue weighted by Gasteiger charge is -2.19. The molecule has 3 heteroatoms. The van der Waals surface area contributed by atoms with E-state index in [0.717, 1.165) is 18.4 Å². The first-order chi connectivity index (χ1) is 7.65. The summed E-state index contributed by atoms with van der Waals surface area (Å²) < 4.78 is 0. The normalized spacial score (nSPS) is 14.2. The van der Waals surface area contributed by atoms with Crippen molar-refractivity contribution in [1.29, 1.82) is 0 Å². The average Bonchev–Trinajstić information content (AvgIpc) is 2.29. The molecule has 0 bridgehead atoms. The van der Waals surface area contributed by atoms with Crippen molar-refractivity contribution in [3.8, 4) is 0 Å². The number of carbonyl (C=O) groups is 1. The van der Waals surface area contributed by atoms with Crippen molar-refractivity contribution in [2.24, 2.45) is 0 Å². The van der Waals surface area contributed by atoms with Gasteiger partial charge in [0.15, 0.2) is 0 Å². The maximum Gasteiger partial charge on any atom is 0.238 e. The van der Waals surface area contributed by atoms with Crippen LogP contribution < -0.4 is 5.32 Å². The molecule has 0 aliphatic carbocycles. The molecule has 2 unspecified atom stereocenters. The number of nitrogens with one attached hydrogen (secondary N) is 1. The number of benzene rings is 1. The monoisotopic (exact) mass is 239 g/mol. The van der Waals surface area contributed by atoms with Crippen molar-refractivity contribution in [2.45, 2.75) is 38.1 Å². The number of hydrogen-bond donors (Lipinski definition) is 1. The summed E-state index contributed by atoms with van der Waals surface area (Å²) in [5, 5.41) is 2.48. The van der Waals surface area contributed by atoms with Crippen molar-refractivity contribution in [3.05, 3.63) is 35.9 Å². The second-order valence-electron chi connectivity index (χ2n) is 3.88. The topological polar surface area (TPSA) is 29.1 Å². The lowest BCUT2D eigenvalue weighted by Crippen LogP contribution is -2.33. The number of alkyl halides is 1. The van der Waals surface area contributed by atoms with Gasteiger partial charge in [-0.2, -0.15) is 0 Å². The van der Waals surface area contributed by atoms with Gasteiger partial charge in [0.25, 0.3) is 0 Å². The quantitative estimate of drug-likeness (QED) is 0.785. The average molecular weight is 240 g/mol. The van der Waals surface area contributed by atoms with E-state index in [1.54, 1.807) is 6.92 Å². The molecule has 0 spiro atoms. The van der Waals surface area contributed by atoms with Gasteiger partial charge in [-0.1, -0.05) is 43.7 Å². The van der Waals surface area contributed by atoms with Gasteiger partial charge in [0, 0.05) is 0 Å². The van der Waals surface area contributed by atoms with Gasteiger partial charge < -0.3 is 5.32 Å². The SMILES string of the molecule is CCCC(NC(=O)C(C)Cl)c1ccccc1. The van der Waals surface area contributed by atoms with Crippen LogP contribution in [0.4, 0.5) is 0 Å². The molecule has 0 fully saturated rings. The van der Waals surface area contributed by atoms with Gasteiger partial charge in [0.2, 0.25) is 5.91 Å². The predicted octanol–water partition coefficient (Wildman–Crippen LogP) is 3.27. The van der Waals surface area contributed by atoms with E-state index in [-0.39, 0.29) is 11.9 Å². The Labute approximate surface area is 102 Å². The predicted molar refractivity (Wildman–Crippen MR) is 67.5 cm³/mol. The zero-order chi connectivity index (χ0) is 12.0. The van der Waals surface area contributed by atoms with Crippen LogP contribution in [0, 0.1) is 0 Å². The molecular weight excluding hydrogens is 222 g/mol. The van der Waals surface area contributed by atoms with Crippen LogP contribution in [0.1, 0.15) is 38.3 Å². The van der Waals surface area contributed by atoms with Crippen molar-refractivity contribution >= 4 is 17.5 Å². The van der Waals surface area contributed by atoms with E-state index in [1.165, 1.54) is 0 Å². The van der Waals surface area contributed by atoms with Crippen molar-refractivity contribution in [3.63, 3.8) is 0 Å². The summed E-state index contributed by atoms with van der Waals surface area (Å²) in [6.07, 6.45) is 1.95. The summed E-state index contributed by atoms with van der Waals surface area (Å²) in [5.74, 6) is -0.107. The minimum absolute atomic E-state index is 0.0694. The molecular formula is C13H18ClNO. The molecule has 1 amide bonds. The molecule has 2 nitrogen and oxygen atoms in total. The number of hydrogen-bond acceptors (Lipinski definition) is 1. The van der Waals surface area contributed by atoms with E-state index >= 15 is 0 Å². The molecule has 0 saturated carbocycles.